The molecule has 1 amide bonds. The molecule has 1 fully saturated rings. The van der Waals surface area contributed by atoms with Crippen molar-refractivity contribution in [2.24, 2.45) is 0 Å². The van der Waals surface area contributed by atoms with Crippen LogP contribution in [0.1, 0.15) is 32.6 Å². The number of likely N-dealkylation sites (tertiary alicyclic amines) is 1. The van der Waals surface area contributed by atoms with Crippen LogP contribution in [0.25, 0.3) is 0 Å². The van der Waals surface area contributed by atoms with Gasteiger partial charge in [-0.1, -0.05) is 12.8 Å². The Morgan fingerprint density at radius 3 is 2.52 bits per heavy atom. The SMILES string of the molecule is COc1ccc(NC(=O)C(C)N2CCCCCC2)c(N)c1. The molecule has 0 saturated carbocycles. The number of anilines is 2. The second kappa shape index (κ2) is 7.31. The van der Waals surface area contributed by atoms with Crippen molar-refractivity contribution in [3.05, 3.63) is 18.2 Å². The number of carbonyl (C=O) groups excluding carboxylic acids is 1. The van der Waals surface area contributed by atoms with E-state index in [2.05, 4.69) is 10.2 Å². The van der Waals surface area contributed by atoms with Crippen LogP contribution in [-0.4, -0.2) is 37.0 Å². The molecule has 0 aromatic heterocycles. The van der Waals surface area contributed by atoms with Gasteiger partial charge in [-0.2, -0.15) is 0 Å². The summed E-state index contributed by atoms with van der Waals surface area (Å²) in [6.07, 6.45) is 4.86. The number of nitrogen functional groups attached to an aromatic ring is 1. The van der Waals surface area contributed by atoms with Crippen molar-refractivity contribution < 1.29 is 9.53 Å². The number of rotatable bonds is 4. The fourth-order valence-electron chi connectivity index (χ4n) is 2.67. The quantitative estimate of drug-likeness (QED) is 0.836. The third-order valence-corrected chi connectivity index (χ3v) is 4.08. The Bertz CT molecular complexity index is 482. The summed E-state index contributed by atoms with van der Waals surface area (Å²) < 4.78 is 5.11. The van der Waals surface area contributed by atoms with E-state index in [1.807, 2.05) is 6.92 Å². The molecule has 116 valence electrons. The Hall–Kier alpha value is -1.75. The number of nitrogens with zero attached hydrogens (tertiary/aromatic N) is 1. The topological polar surface area (TPSA) is 67.6 Å². The normalized spacial score (nSPS) is 17.8. The van der Waals surface area contributed by atoms with Gasteiger partial charge in [0.15, 0.2) is 0 Å². The Labute approximate surface area is 126 Å². The largest absolute Gasteiger partial charge is 0.497 e. The Morgan fingerprint density at radius 1 is 1.29 bits per heavy atom. The fraction of sp³-hybridized carbons (Fsp3) is 0.562. The predicted octanol–water partition coefficient (Wildman–Crippen LogP) is 2.48. The first-order valence-corrected chi connectivity index (χ1v) is 7.60. The molecule has 1 aliphatic heterocycles. The van der Waals surface area contributed by atoms with Crippen LogP contribution in [-0.2, 0) is 4.79 Å². The van der Waals surface area contributed by atoms with Gasteiger partial charge in [0, 0.05) is 6.07 Å². The fourth-order valence-corrected chi connectivity index (χ4v) is 2.67. The van der Waals surface area contributed by atoms with Crippen LogP contribution in [0.4, 0.5) is 11.4 Å². The van der Waals surface area contributed by atoms with Crippen molar-refractivity contribution in [3.8, 4) is 5.75 Å². The molecule has 0 aliphatic carbocycles. The molecule has 1 aromatic rings. The van der Waals surface area contributed by atoms with Crippen LogP contribution in [0, 0.1) is 0 Å². The molecule has 1 aromatic carbocycles. The number of ether oxygens (including phenoxy) is 1. The highest BCUT2D eigenvalue weighted by molar-refractivity contribution is 5.97. The van der Waals surface area contributed by atoms with Crippen molar-refractivity contribution in [3.63, 3.8) is 0 Å². The molecular weight excluding hydrogens is 266 g/mol. The number of nitrogens with two attached hydrogens (primary N) is 1. The van der Waals surface area contributed by atoms with Gasteiger partial charge in [0.2, 0.25) is 5.91 Å². The molecule has 1 heterocycles. The zero-order valence-corrected chi connectivity index (χ0v) is 12.9. The number of nitrogens with one attached hydrogen (secondary N) is 1. The Kier molecular flexibility index (Phi) is 5.44. The average Bonchev–Trinajstić information content (AvgIpc) is 2.77. The van der Waals surface area contributed by atoms with Crippen molar-refractivity contribution in [1.82, 2.24) is 4.90 Å². The number of hydrogen-bond donors (Lipinski definition) is 2. The summed E-state index contributed by atoms with van der Waals surface area (Å²) in [6, 6.07) is 5.15. The summed E-state index contributed by atoms with van der Waals surface area (Å²) in [7, 11) is 1.59. The van der Waals surface area contributed by atoms with E-state index in [4.69, 9.17) is 10.5 Å². The van der Waals surface area contributed by atoms with E-state index in [0.29, 0.717) is 17.1 Å². The molecule has 1 saturated heterocycles. The minimum absolute atomic E-state index is 0.00577. The third kappa shape index (κ3) is 4.11. The molecule has 1 aliphatic rings. The number of carbonyl (C=O) groups is 1. The molecule has 3 N–H and O–H groups in total. The van der Waals surface area contributed by atoms with Gasteiger partial charge in [0.1, 0.15) is 5.75 Å². The van der Waals surface area contributed by atoms with Gasteiger partial charge < -0.3 is 15.8 Å². The number of amides is 1. The van der Waals surface area contributed by atoms with Crippen molar-refractivity contribution in [2.45, 2.75) is 38.6 Å². The van der Waals surface area contributed by atoms with E-state index in [1.165, 1.54) is 25.7 Å². The van der Waals surface area contributed by atoms with E-state index < -0.39 is 0 Å². The summed E-state index contributed by atoms with van der Waals surface area (Å²) >= 11 is 0. The molecular formula is C16H25N3O2. The van der Waals surface area contributed by atoms with Crippen molar-refractivity contribution in [1.29, 1.82) is 0 Å². The summed E-state index contributed by atoms with van der Waals surface area (Å²) in [5.74, 6) is 0.680. The minimum atomic E-state index is -0.135. The molecule has 5 heteroatoms. The lowest BCUT2D eigenvalue weighted by Gasteiger charge is -2.26. The maximum absolute atomic E-state index is 12.4. The van der Waals surface area contributed by atoms with E-state index in [9.17, 15) is 4.79 Å². The first-order chi connectivity index (χ1) is 10.1. The predicted molar refractivity (Wildman–Crippen MR) is 85.5 cm³/mol. The second-order valence-corrected chi connectivity index (χ2v) is 5.57. The van der Waals surface area contributed by atoms with Gasteiger partial charge in [0.05, 0.1) is 24.5 Å². The molecule has 1 unspecified atom stereocenters. The molecule has 0 radical (unpaired) electrons. The van der Waals surface area contributed by atoms with E-state index in [0.717, 1.165) is 13.1 Å². The maximum atomic E-state index is 12.4. The zero-order valence-electron chi connectivity index (χ0n) is 12.9. The monoisotopic (exact) mass is 291 g/mol. The number of hydrogen-bond acceptors (Lipinski definition) is 4. The lowest BCUT2D eigenvalue weighted by molar-refractivity contribution is -0.120. The smallest absolute Gasteiger partial charge is 0.241 e. The Morgan fingerprint density at radius 2 is 1.95 bits per heavy atom. The minimum Gasteiger partial charge on any atom is -0.497 e. The molecule has 5 nitrogen and oxygen atoms in total. The molecule has 0 bridgehead atoms. The zero-order chi connectivity index (χ0) is 15.2. The molecule has 1 atom stereocenters. The first kappa shape index (κ1) is 15.6. The average molecular weight is 291 g/mol. The highest BCUT2D eigenvalue weighted by Gasteiger charge is 2.22. The lowest BCUT2D eigenvalue weighted by atomic mass is 10.2. The summed E-state index contributed by atoms with van der Waals surface area (Å²) in [6.45, 7) is 3.94. The molecule has 0 spiro atoms. The van der Waals surface area contributed by atoms with Crippen LogP contribution in [0.5, 0.6) is 5.75 Å². The lowest BCUT2D eigenvalue weighted by Crippen LogP contribution is -2.42. The molecule has 21 heavy (non-hydrogen) atoms. The Balaban J connectivity index is 1.99. The summed E-state index contributed by atoms with van der Waals surface area (Å²) in [5.41, 5.74) is 7.10. The van der Waals surface area contributed by atoms with Crippen LogP contribution >= 0.6 is 0 Å². The van der Waals surface area contributed by atoms with Crippen LogP contribution in [0.15, 0.2) is 18.2 Å². The van der Waals surface area contributed by atoms with Crippen molar-refractivity contribution in [2.75, 3.05) is 31.2 Å². The van der Waals surface area contributed by atoms with Gasteiger partial charge in [-0.15, -0.1) is 0 Å². The van der Waals surface area contributed by atoms with Crippen molar-refractivity contribution >= 4 is 17.3 Å². The summed E-state index contributed by atoms with van der Waals surface area (Å²) in [4.78, 5) is 14.6. The van der Waals surface area contributed by atoms with Gasteiger partial charge in [-0.05, 0) is 45.0 Å². The number of benzene rings is 1. The van der Waals surface area contributed by atoms with E-state index in [1.54, 1.807) is 25.3 Å². The van der Waals surface area contributed by atoms with E-state index >= 15 is 0 Å². The van der Waals surface area contributed by atoms with Gasteiger partial charge >= 0.3 is 0 Å². The number of methoxy groups -OCH3 is 1. The van der Waals surface area contributed by atoms with Gasteiger partial charge in [0.25, 0.3) is 0 Å². The molecule has 2 rings (SSSR count). The van der Waals surface area contributed by atoms with Crippen LogP contribution in [0.3, 0.4) is 0 Å². The standard InChI is InChI=1S/C16H25N3O2/c1-12(19-9-5-3-4-6-10-19)16(20)18-15-8-7-13(21-2)11-14(15)17/h7-8,11-12H,3-6,9-10,17H2,1-2H3,(H,18,20). The third-order valence-electron chi connectivity index (χ3n) is 4.08. The first-order valence-electron chi connectivity index (χ1n) is 7.60. The van der Waals surface area contributed by atoms with Gasteiger partial charge in [-0.3, -0.25) is 9.69 Å². The summed E-state index contributed by atoms with van der Waals surface area (Å²) in [5, 5.41) is 2.92. The maximum Gasteiger partial charge on any atom is 0.241 e. The van der Waals surface area contributed by atoms with Gasteiger partial charge in [-0.25, -0.2) is 0 Å². The van der Waals surface area contributed by atoms with Crippen LogP contribution in [0.2, 0.25) is 0 Å². The second-order valence-electron chi connectivity index (χ2n) is 5.57. The highest BCUT2D eigenvalue weighted by atomic mass is 16.5. The highest BCUT2D eigenvalue weighted by Crippen LogP contribution is 2.24. The van der Waals surface area contributed by atoms with E-state index in [-0.39, 0.29) is 11.9 Å². The van der Waals surface area contributed by atoms with Crippen LogP contribution < -0.4 is 15.8 Å².